The zero-order valence-electron chi connectivity index (χ0n) is 14.2. The van der Waals surface area contributed by atoms with Gasteiger partial charge < -0.3 is 15.0 Å². The van der Waals surface area contributed by atoms with Crippen molar-refractivity contribution < 1.29 is 4.74 Å². The quantitative estimate of drug-likeness (QED) is 0.784. The Morgan fingerprint density at radius 3 is 2.62 bits per heavy atom. The second-order valence-corrected chi connectivity index (χ2v) is 5.91. The minimum Gasteiger partial charge on any atom is -0.383 e. The monoisotopic (exact) mass is 327 g/mol. The summed E-state index contributed by atoms with van der Waals surface area (Å²) in [6.07, 6.45) is 1.81. The smallest absolute Gasteiger partial charge is 0.227 e. The first-order valence-corrected chi connectivity index (χ1v) is 8.42. The molecule has 0 atom stereocenters. The molecule has 1 N–H and O–H groups in total. The highest BCUT2D eigenvalue weighted by Crippen LogP contribution is 2.15. The molecule has 2 heterocycles. The largest absolute Gasteiger partial charge is 0.383 e. The molecule has 128 valence electrons. The highest BCUT2D eigenvalue weighted by atomic mass is 16.5. The van der Waals surface area contributed by atoms with E-state index in [0.717, 1.165) is 51.0 Å². The lowest BCUT2D eigenvalue weighted by Crippen LogP contribution is -2.46. The SMILES string of the molecule is COCCNc1ccnc(N2CCN(Cc3ccccc3)CC2)n1. The summed E-state index contributed by atoms with van der Waals surface area (Å²) in [5, 5.41) is 3.25. The van der Waals surface area contributed by atoms with Crippen LogP contribution >= 0.6 is 0 Å². The van der Waals surface area contributed by atoms with E-state index >= 15 is 0 Å². The Bertz CT molecular complexity index is 614. The lowest BCUT2D eigenvalue weighted by Gasteiger charge is -2.34. The van der Waals surface area contributed by atoms with Gasteiger partial charge >= 0.3 is 0 Å². The molecule has 0 unspecified atom stereocenters. The molecule has 0 bridgehead atoms. The van der Waals surface area contributed by atoms with Gasteiger partial charge in [0, 0.05) is 52.6 Å². The number of nitrogens with one attached hydrogen (secondary N) is 1. The van der Waals surface area contributed by atoms with Crippen molar-refractivity contribution in [2.75, 3.05) is 56.7 Å². The molecule has 6 heteroatoms. The van der Waals surface area contributed by atoms with Crippen LogP contribution in [-0.2, 0) is 11.3 Å². The molecule has 0 saturated carbocycles. The van der Waals surface area contributed by atoms with Gasteiger partial charge in [0.05, 0.1) is 6.61 Å². The maximum absolute atomic E-state index is 5.05. The molecule has 2 aromatic rings. The average molecular weight is 327 g/mol. The standard InChI is InChI=1S/C18H25N5O/c1-24-14-9-19-17-7-8-20-18(21-17)23-12-10-22(11-13-23)15-16-5-3-2-4-6-16/h2-8H,9-15H2,1H3,(H,19,20,21). The summed E-state index contributed by atoms with van der Waals surface area (Å²) >= 11 is 0. The van der Waals surface area contributed by atoms with E-state index in [1.54, 1.807) is 7.11 Å². The Balaban J connectivity index is 1.52. The van der Waals surface area contributed by atoms with Crippen molar-refractivity contribution in [2.45, 2.75) is 6.54 Å². The number of benzene rings is 1. The first kappa shape index (κ1) is 16.7. The van der Waals surface area contributed by atoms with Gasteiger partial charge in [0.15, 0.2) is 0 Å². The molecule has 24 heavy (non-hydrogen) atoms. The number of rotatable bonds is 7. The maximum atomic E-state index is 5.05. The molecule has 1 aromatic carbocycles. The third-order valence-corrected chi connectivity index (χ3v) is 4.16. The van der Waals surface area contributed by atoms with Crippen LogP contribution in [0.3, 0.4) is 0 Å². The first-order valence-electron chi connectivity index (χ1n) is 8.42. The predicted octanol–water partition coefficient (Wildman–Crippen LogP) is 1.86. The molecular weight excluding hydrogens is 302 g/mol. The van der Waals surface area contributed by atoms with Crippen LogP contribution in [0, 0.1) is 0 Å². The molecule has 6 nitrogen and oxygen atoms in total. The molecule has 1 saturated heterocycles. The van der Waals surface area contributed by atoms with Crippen LogP contribution in [0.2, 0.25) is 0 Å². The molecule has 0 radical (unpaired) electrons. The van der Waals surface area contributed by atoms with Crippen molar-refractivity contribution in [3.8, 4) is 0 Å². The summed E-state index contributed by atoms with van der Waals surface area (Å²) in [4.78, 5) is 13.8. The lowest BCUT2D eigenvalue weighted by atomic mass is 10.2. The highest BCUT2D eigenvalue weighted by molar-refractivity contribution is 5.41. The second kappa shape index (κ2) is 8.61. The minimum absolute atomic E-state index is 0.664. The predicted molar refractivity (Wildman–Crippen MR) is 96.3 cm³/mol. The highest BCUT2D eigenvalue weighted by Gasteiger charge is 2.19. The van der Waals surface area contributed by atoms with Crippen LogP contribution in [0.25, 0.3) is 0 Å². The van der Waals surface area contributed by atoms with Gasteiger partial charge in [0.1, 0.15) is 5.82 Å². The number of piperazine rings is 1. The molecule has 0 amide bonds. The molecule has 3 rings (SSSR count). The fourth-order valence-corrected chi connectivity index (χ4v) is 2.83. The zero-order valence-corrected chi connectivity index (χ0v) is 14.2. The van der Waals surface area contributed by atoms with E-state index in [4.69, 9.17) is 4.74 Å². The van der Waals surface area contributed by atoms with Crippen LogP contribution in [-0.4, -0.2) is 61.3 Å². The average Bonchev–Trinajstić information content (AvgIpc) is 2.64. The van der Waals surface area contributed by atoms with Crippen molar-refractivity contribution in [1.29, 1.82) is 0 Å². The van der Waals surface area contributed by atoms with Crippen molar-refractivity contribution in [3.63, 3.8) is 0 Å². The second-order valence-electron chi connectivity index (χ2n) is 5.91. The van der Waals surface area contributed by atoms with Crippen molar-refractivity contribution in [3.05, 3.63) is 48.2 Å². The number of hydrogen-bond donors (Lipinski definition) is 1. The Labute approximate surface area is 143 Å². The van der Waals surface area contributed by atoms with Gasteiger partial charge in [-0.3, -0.25) is 4.90 Å². The van der Waals surface area contributed by atoms with Gasteiger partial charge in [-0.25, -0.2) is 4.98 Å². The molecule has 0 spiro atoms. The van der Waals surface area contributed by atoms with Crippen LogP contribution in [0.15, 0.2) is 42.6 Å². The van der Waals surface area contributed by atoms with Crippen molar-refractivity contribution >= 4 is 11.8 Å². The zero-order chi connectivity index (χ0) is 16.6. The molecule has 1 aromatic heterocycles. The fraction of sp³-hybridized carbons (Fsp3) is 0.444. The van der Waals surface area contributed by atoms with Crippen LogP contribution in [0.4, 0.5) is 11.8 Å². The summed E-state index contributed by atoms with van der Waals surface area (Å²) < 4.78 is 5.05. The Morgan fingerprint density at radius 1 is 1.08 bits per heavy atom. The van der Waals surface area contributed by atoms with Gasteiger partial charge in [0.2, 0.25) is 5.95 Å². The molecule has 0 aliphatic carbocycles. The normalized spacial score (nSPS) is 15.5. The lowest BCUT2D eigenvalue weighted by molar-refractivity contribution is 0.210. The minimum atomic E-state index is 0.664. The summed E-state index contributed by atoms with van der Waals surface area (Å²) in [5.41, 5.74) is 1.37. The Kier molecular flexibility index (Phi) is 5.98. The van der Waals surface area contributed by atoms with E-state index in [1.807, 2.05) is 12.3 Å². The van der Waals surface area contributed by atoms with E-state index in [0.29, 0.717) is 6.61 Å². The Hall–Kier alpha value is -2.18. The third kappa shape index (κ3) is 4.66. The molecular formula is C18H25N5O. The van der Waals surface area contributed by atoms with E-state index < -0.39 is 0 Å². The van der Waals surface area contributed by atoms with Crippen LogP contribution in [0.5, 0.6) is 0 Å². The van der Waals surface area contributed by atoms with Gasteiger partial charge in [-0.2, -0.15) is 4.98 Å². The van der Waals surface area contributed by atoms with Gasteiger partial charge in [0.25, 0.3) is 0 Å². The number of hydrogen-bond acceptors (Lipinski definition) is 6. The number of aromatic nitrogens is 2. The van der Waals surface area contributed by atoms with Crippen LogP contribution in [0.1, 0.15) is 5.56 Å². The number of ether oxygens (including phenoxy) is 1. The molecule has 1 fully saturated rings. The van der Waals surface area contributed by atoms with Gasteiger partial charge in [-0.1, -0.05) is 30.3 Å². The molecule has 1 aliphatic rings. The van der Waals surface area contributed by atoms with E-state index in [2.05, 4.69) is 55.4 Å². The van der Waals surface area contributed by atoms with E-state index in [1.165, 1.54) is 5.56 Å². The summed E-state index contributed by atoms with van der Waals surface area (Å²) in [7, 11) is 1.70. The topological polar surface area (TPSA) is 53.5 Å². The summed E-state index contributed by atoms with van der Waals surface area (Å²) in [5.74, 6) is 1.65. The van der Waals surface area contributed by atoms with E-state index in [9.17, 15) is 0 Å². The maximum Gasteiger partial charge on any atom is 0.227 e. The molecule has 1 aliphatic heterocycles. The van der Waals surface area contributed by atoms with Gasteiger partial charge in [-0.05, 0) is 11.6 Å². The van der Waals surface area contributed by atoms with E-state index in [-0.39, 0.29) is 0 Å². The first-order chi connectivity index (χ1) is 11.8. The van der Waals surface area contributed by atoms with Crippen molar-refractivity contribution in [1.82, 2.24) is 14.9 Å². The number of nitrogens with zero attached hydrogens (tertiary/aromatic N) is 4. The Morgan fingerprint density at radius 2 is 1.88 bits per heavy atom. The summed E-state index contributed by atoms with van der Waals surface area (Å²) in [6.45, 7) is 6.38. The third-order valence-electron chi connectivity index (χ3n) is 4.16. The van der Waals surface area contributed by atoms with Crippen molar-refractivity contribution in [2.24, 2.45) is 0 Å². The number of methoxy groups -OCH3 is 1. The van der Waals surface area contributed by atoms with Crippen LogP contribution < -0.4 is 10.2 Å². The number of anilines is 2. The van der Waals surface area contributed by atoms with Gasteiger partial charge in [-0.15, -0.1) is 0 Å². The summed E-state index contributed by atoms with van der Waals surface area (Å²) in [6, 6.07) is 12.5. The fourth-order valence-electron chi connectivity index (χ4n) is 2.83.